The molecule has 2 amide bonds. The smallest absolute Gasteiger partial charge is 0.416 e. The first-order chi connectivity index (χ1) is 6.25. The third-order valence-corrected chi connectivity index (χ3v) is 1.74. The lowest BCUT2D eigenvalue weighted by Crippen LogP contribution is -2.29. The van der Waals surface area contributed by atoms with Gasteiger partial charge < -0.3 is 4.74 Å². The van der Waals surface area contributed by atoms with Crippen molar-refractivity contribution in [2.24, 2.45) is 0 Å². The Morgan fingerprint density at radius 1 is 1.69 bits per heavy atom. The maximum Gasteiger partial charge on any atom is 0.416 e. The molecule has 1 heterocycles. The fourth-order valence-electron chi connectivity index (χ4n) is 1.03. The normalized spacial score (nSPS) is 16.7. The van der Waals surface area contributed by atoms with E-state index in [2.05, 4.69) is 4.74 Å². The summed E-state index contributed by atoms with van der Waals surface area (Å²) in [5.41, 5.74) is 0. The van der Waals surface area contributed by atoms with Gasteiger partial charge in [0.15, 0.2) is 0 Å². The highest BCUT2D eigenvalue weighted by Crippen LogP contribution is 2.04. The number of hydrogen-bond donors (Lipinski definition) is 0. The van der Waals surface area contributed by atoms with Crippen molar-refractivity contribution in [2.45, 2.75) is 19.8 Å². The van der Waals surface area contributed by atoms with Gasteiger partial charge in [0.05, 0.1) is 6.54 Å². The molecule has 1 aliphatic rings. The van der Waals surface area contributed by atoms with Crippen LogP contribution in [0.5, 0.6) is 0 Å². The number of allylic oxidation sites excluding steroid dienone is 1. The molecule has 4 heteroatoms. The minimum absolute atomic E-state index is 0.282. The van der Waals surface area contributed by atoms with E-state index in [4.69, 9.17) is 0 Å². The Morgan fingerprint density at radius 3 is 3.00 bits per heavy atom. The van der Waals surface area contributed by atoms with Gasteiger partial charge >= 0.3 is 6.09 Å². The maximum atomic E-state index is 11.3. The summed E-state index contributed by atoms with van der Waals surface area (Å²) in [5.74, 6) is -0.282. The maximum absolute atomic E-state index is 11.3. The summed E-state index contributed by atoms with van der Waals surface area (Å²) in [6.07, 6.45) is 4.51. The molecule has 1 fully saturated rings. The fourth-order valence-corrected chi connectivity index (χ4v) is 1.03. The van der Waals surface area contributed by atoms with Crippen molar-refractivity contribution in [1.29, 1.82) is 0 Å². The summed E-state index contributed by atoms with van der Waals surface area (Å²) in [6.45, 7) is 2.71. The van der Waals surface area contributed by atoms with E-state index in [-0.39, 0.29) is 5.91 Å². The molecule has 0 bridgehead atoms. The molecule has 1 aliphatic heterocycles. The van der Waals surface area contributed by atoms with Crippen molar-refractivity contribution in [3.63, 3.8) is 0 Å². The third-order valence-electron chi connectivity index (χ3n) is 1.74. The first-order valence-electron chi connectivity index (χ1n) is 4.40. The van der Waals surface area contributed by atoms with E-state index in [1.54, 1.807) is 6.08 Å². The molecule has 4 nitrogen and oxygen atoms in total. The molecule has 0 atom stereocenters. The molecule has 0 saturated carbocycles. The highest BCUT2D eigenvalue weighted by molar-refractivity contribution is 5.99. The predicted octanol–water partition coefficient (Wildman–Crippen LogP) is 1.32. The molecule has 72 valence electrons. The number of carbonyl (C=O) groups is 2. The Hall–Kier alpha value is -1.32. The van der Waals surface area contributed by atoms with E-state index in [0.717, 1.165) is 17.7 Å². The number of unbranched alkanes of at least 4 members (excludes halogenated alkanes) is 1. The Labute approximate surface area is 77.2 Å². The Morgan fingerprint density at radius 2 is 2.46 bits per heavy atom. The summed E-state index contributed by atoms with van der Waals surface area (Å²) in [6, 6.07) is 0. The quantitative estimate of drug-likeness (QED) is 0.620. The van der Waals surface area contributed by atoms with Crippen molar-refractivity contribution >= 4 is 12.0 Å². The minimum Gasteiger partial charge on any atom is -0.447 e. The second kappa shape index (κ2) is 4.64. The summed E-state index contributed by atoms with van der Waals surface area (Å²) in [4.78, 5) is 23.3. The molecule has 13 heavy (non-hydrogen) atoms. The lowest BCUT2D eigenvalue weighted by Gasteiger charge is -2.05. The SMILES string of the molecule is CCC/C=C/C(=O)N1CCOC1=O. The van der Waals surface area contributed by atoms with Gasteiger partial charge in [0.25, 0.3) is 5.91 Å². The van der Waals surface area contributed by atoms with Gasteiger partial charge in [-0.05, 0) is 12.5 Å². The summed E-state index contributed by atoms with van der Waals surface area (Å²) < 4.78 is 4.63. The minimum atomic E-state index is -0.536. The van der Waals surface area contributed by atoms with Gasteiger partial charge in [-0.25, -0.2) is 9.69 Å². The number of carbonyl (C=O) groups excluding carboxylic acids is 2. The predicted molar refractivity (Wildman–Crippen MR) is 47.1 cm³/mol. The topological polar surface area (TPSA) is 46.6 Å². The zero-order valence-electron chi connectivity index (χ0n) is 7.66. The van der Waals surface area contributed by atoms with Gasteiger partial charge in [0.2, 0.25) is 0 Å². The lowest BCUT2D eigenvalue weighted by atomic mass is 10.3. The second-order valence-corrected chi connectivity index (χ2v) is 2.80. The van der Waals surface area contributed by atoms with Crippen molar-refractivity contribution < 1.29 is 14.3 Å². The molecule has 1 rings (SSSR count). The molecule has 0 aromatic rings. The number of cyclic esters (lactones) is 1. The molecule has 0 aliphatic carbocycles. The Bertz CT molecular complexity index is 235. The highest BCUT2D eigenvalue weighted by Gasteiger charge is 2.26. The number of nitrogens with zero attached hydrogens (tertiary/aromatic N) is 1. The average molecular weight is 183 g/mol. The molecule has 1 saturated heterocycles. The van der Waals surface area contributed by atoms with E-state index in [9.17, 15) is 9.59 Å². The zero-order chi connectivity index (χ0) is 9.68. The molecule has 0 unspecified atom stereocenters. The van der Waals surface area contributed by atoms with E-state index < -0.39 is 6.09 Å². The number of hydrogen-bond acceptors (Lipinski definition) is 3. The van der Waals surface area contributed by atoms with Crippen LogP contribution < -0.4 is 0 Å². The second-order valence-electron chi connectivity index (χ2n) is 2.80. The van der Waals surface area contributed by atoms with Crippen LogP contribution >= 0.6 is 0 Å². The van der Waals surface area contributed by atoms with E-state index in [0.29, 0.717) is 13.2 Å². The van der Waals surface area contributed by atoms with Crippen LogP contribution in [-0.2, 0) is 9.53 Å². The van der Waals surface area contributed by atoms with Gasteiger partial charge in [-0.15, -0.1) is 0 Å². The van der Waals surface area contributed by atoms with Crippen molar-refractivity contribution in [2.75, 3.05) is 13.2 Å². The Balaban J connectivity index is 2.43. The van der Waals surface area contributed by atoms with E-state index in [1.165, 1.54) is 6.08 Å². The first-order valence-corrected chi connectivity index (χ1v) is 4.40. The van der Waals surface area contributed by atoms with Crippen LogP contribution in [0.15, 0.2) is 12.2 Å². The van der Waals surface area contributed by atoms with Gasteiger partial charge in [-0.3, -0.25) is 4.79 Å². The molecular weight excluding hydrogens is 170 g/mol. The van der Waals surface area contributed by atoms with Gasteiger partial charge in [-0.1, -0.05) is 19.4 Å². The third kappa shape index (κ3) is 2.57. The van der Waals surface area contributed by atoms with Crippen LogP contribution in [0.4, 0.5) is 4.79 Å². The summed E-state index contributed by atoms with van der Waals surface area (Å²) in [5, 5.41) is 0. The molecular formula is C9H13NO3. The average Bonchev–Trinajstić information content (AvgIpc) is 2.52. The van der Waals surface area contributed by atoms with E-state index in [1.807, 2.05) is 6.92 Å². The van der Waals surface area contributed by atoms with Crippen LogP contribution in [-0.4, -0.2) is 30.1 Å². The summed E-state index contributed by atoms with van der Waals surface area (Å²) >= 11 is 0. The van der Waals surface area contributed by atoms with Crippen LogP contribution in [0.25, 0.3) is 0 Å². The zero-order valence-corrected chi connectivity index (χ0v) is 7.66. The standard InChI is InChI=1S/C9H13NO3/c1-2-3-4-5-8(11)10-6-7-13-9(10)12/h4-5H,2-3,6-7H2,1H3/b5-4+. The summed E-state index contributed by atoms with van der Waals surface area (Å²) in [7, 11) is 0. The number of amides is 2. The van der Waals surface area contributed by atoms with Crippen molar-refractivity contribution in [3.8, 4) is 0 Å². The number of rotatable bonds is 3. The van der Waals surface area contributed by atoms with Crippen LogP contribution in [0.3, 0.4) is 0 Å². The van der Waals surface area contributed by atoms with Crippen LogP contribution in [0.2, 0.25) is 0 Å². The fraction of sp³-hybridized carbons (Fsp3) is 0.556. The monoisotopic (exact) mass is 183 g/mol. The largest absolute Gasteiger partial charge is 0.447 e. The van der Waals surface area contributed by atoms with Crippen LogP contribution in [0, 0.1) is 0 Å². The first kappa shape index (κ1) is 9.77. The van der Waals surface area contributed by atoms with Gasteiger partial charge in [0.1, 0.15) is 6.61 Å². The number of imide groups is 1. The molecule has 0 aromatic carbocycles. The van der Waals surface area contributed by atoms with Crippen LogP contribution in [0.1, 0.15) is 19.8 Å². The molecule has 0 radical (unpaired) electrons. The number of ether oxygens (including phenoxy) is 1. The van der Waals surface area contributed by atoms with Gasteiger partial charge in [-0.2, -0.15) is 0 Å². The van der Waals surface area contributed by atoms with Crippen molar-refractivity contribution in [3.05, 3.63) is 12.2 Å². The molecule has 0 aromatic heterocycles. The van der Waals surface area contributed by atoms with Gasteiger partial charge in [0, 0.05) is 0 Å². The lowest BCUT2D eigenvalue weighted by molar-refractivity contribution is -0.122. The Kier molecular flexibility index (Phi) is 3.49. The van der Waals surface area contributed by atoms with Crippen molar-refractivity contribution in [1.82, 2.24) is 4.90 Å². The molecule has 0 spiro atoms. The highest BCUT2D eigenvalue weighted by atomic mass is 16.6. The molecule has 0 N–H and O–H groups in total. The van der Waals surface area contributed by atoms with E-state index >= 15 is 0 Å².